The van der Waals surface area contributed by atoms with Crippen molar-refractivity contribution >= 4 is 17.7 Å². The molecular formula is C13H18ClNO. The largest absolute Gasteiger partial charge is 0.495 e. The Morgan fingerprint density at radius 1 is 1.19 bits per heavy atom. The van der Waals surface area contributed by atoms with Gasteiger partial charge in [0.2, 0.25) is 0 Å². The molecule has 0 saturated heterocycles. The Labute approximate surface area is 102 Å². The Kier molecular flexibility index (Phi) is 4.39. The van der Waals surface area contributed by atoms with Gasteiger partial charge in [0.1, 0.15) is 5.75 Å². The van der Waals surface area contributed by atoms with Crippen LogP contribution < -0.4 is 10.5 Å². The van der Waals surface area contributed by atoms with E-state index in [2.05, 4.69) is 6.92 Å². The molecule has 1 rings (SSSR count). The van der Waals surface area contributed by atoms with Gasteiger partial charge < -0.3 is 10.5 Å². The smallest absolute Gasteiger partial charge is 0.140 e. The third-order valence-electron chi connectivity index (χ3n) is 2.86. The van der Waals surface area contributed by atoms with E-state index in [9.17, 15) is 0 Å². The summed E-state index contributed by atoms with van der Waals surface area (Å²) in [6, 6.07) is 0. The highest BCUT2D eigenvalue weighted by atomic mass is 35.5. The van der Waals surface area contributed by atoms with Crippen molar-refractivity contribution < 1.29 is 4.74 Å². The van der Waals surface area contributed by atoms with Crippen LogP contribution in [0.5, 0.6) is 5.75 Å². The number of benzene rings is 1. The summed E-state index contributed by atoms with van der Waals surface area (Å²) in [7, 11) is 1.64. The Hall–Kier alpha value is -0.990. The first-order valence-corrected chi connectivity index (χ1v) is 5.62. The molecule has 0 aliphatic carbocycles. The number of hydrogen-bond acceptors (Lipinski definition) is 2. The maximum atomic E-state index is 6.26. The molecule has 0 amide bonds. The van der Waals surface area contributed by atoms with E-state index in [0.717, 1.165) is 22.4 Å². The van der Waals surface area contributed by atoms with E-state index >= 15 is 0 Å². The molecule has 0 unspecified atom stereocenters. The maximum Gasteiger partial charge on any atom is 0.140 e. The normalized spacial score (nSPS) is 11.1. The molecule has 2 N–H and O–H groups in total. The van der Waals surface area contributed by atoms with E-state index in [1.807, 2.05) is 26.0 Å². The van der Waals surface area contributed by atoms with E-state index in [4.69, 9.17) is 22.1 Å². The van der Waals surface area contributed by atoms with Crippen molar-refractivity contribution in [1.82, 2.24) is 0 Å². The molecule has 0 saturated carbocycles. The van der Waals surface area contributed by atoms with Crippen molar-refractivity contribution in [2.24, 2.45) is 5.73 Å². The first-order valence-electron chi connectivity index (χ1n) is 5.24. The average Bonchev–Trinajstić information content (AvgIpc) is 2.27. The van der Waals surface area contributed by atoms with Crippen LogP contribution >= 0.6 is 11.6 Å². The molecule has 0 heterocycles. The van der Waals surface area contributed by atoms with Crippen molar-refractivity contribution in [3.63, 3.8) is 0 Å². The molecule has 0 aromatic heterocycles. The molecule has 1 aromatic rings. The summed E-state index contributed by atoms with van der Waals surface area (Å²) in [5, 5.41) is 0.683. The predicted molar refractivity (Wildman–Crippen MR) is 70.3 cm³/mol. The SMILES string of the molecule is COc1c(C)c(C)c(/C=C/CN)c(C)c1Cl. The quantitative estimate of drug-likeness (QED) is 0.879. The Bertz CT molecular complexity index is 395. The van der Waals surface area contributed by atoms with Gasteiger partial charge in [-0.2, -0.15) is 0 Å². The first kappa shape index (κ1) is 13.1. The zero-order valence-electron chi connectivity index (χ0n) is 10.2. The summed E-state index contributed by atoms with van der Waals surface area (Å²) in [6.45, 7) is 6.60. The molecule has 0 aliphatic rings. The van der Waals surface area contributed by atoms with Crippen LogP contribution in [0.25, 0.3) is 6.08 Å². The molecule has 0 fully saturated rings. The predicted octanol–water partition coefficient (Wildman–Crippen LogP) is 3.25. The van der Waals surface area contributed by atoms with Crippen molar-refractivity contribution in [3.8, 4) is 5.75 Å². The van der Waals surface area contributed by atoms with E-state index in [1.165, 1.54) is 5.56 Å². The zero-order chi connectivity index (χ0) is 12.3. The molecular weight excluding hydrogens is 222 g/mol. The van der Waals surface area contributed by atoms with Gasteiger partial charge in [0.15, 0.2) is 0 Å². The minimum absolute atomic E-state index is 0.529. The minimum Gasteiger partial charge on any atom is -0.495 e. The van der Waals surface area contributed by atoms with Gasteiger partial charge in [-0.1, -0.05) is 23.8 Å². The van der Waals surface area contributed by atoms with Gasteiger partial charge in [-0.15, -0.1) is 0 Å². The summed E-state index contributed by atoms with van der Waals surface area (Å²) < 4.78 is 5.32. The van der Waals surface area contributed by atoms with Crippen molar-refractivity contribution in [2.45, 2.75) is 20.8 Å². The maximum absolute atomic E-state index is 6.26. The second-order valence-corrected chi connectivity index (χ2v) is 4.15. The van der Waals surface area contributed by atoms with E-state index in [-0.39, 0.29) is 0 Å². The highest BCUT2D eigenvalue weighted by Crippen LogP contribution is 2.37. The summed E-state index contributed by atoms with van der Waals surface area (Å²) >= 11 is 6.26. The summed E-state index contributed by atoms with van der Waals surface area (Å²) in [5.41, 5.74) is 9.89. The van der Waals surface area contributed by atoms with Crippen LogP contribution in [-0.4, -0.2) is 13.7 Å². The number of ether oxygens (including phenoxy) is 1. The summed E-state index contributed by atoms with van der Waals surface area (Å²) in [6.07, 6.45) is 3.95. The highest BCUT2D eigenvalue weighted by molar-refractivity contribution is 6.33. The zero-order valence-corrected chi connectivity index (χ0v) is 11.0. The van der Waals surface area contributed by atoms with Crippen LogP contribution in [0.15, 0.2) is 6.08 Å². The number of nitrogens with two attached hydrogens (primary N) is 1. The van der Waals surface area contributed by atoms with E-state index in [1.54, 1.807) is 7.11 Å². The minimum atomic E-state index is 0.529. The van der Waals surface area contributed by atoms with Crippen molar-refractivity contribution in [3.05, 3.63) is 33.4 Å². The Balaban J connectivity index is 3.47. The standard InChI is InChI=1S/C13H18ClNO/c1-8-9(2)13(16-4)12(14)10(3)11(8)6-5-7-15/h5-6H,7,15H2,1-4H3/b6-5+. The molecule has 16 heavy (non-hydrogen) atoms. The monoisotopic (exact) mass is 239 g/mol. The number of hydrogen-bond donors (Lipinski definition) is 1. The van der Waals surface area contributed by atoms with Gasteiger partial charge >= 0.3 is 0 Å². The van der Waals surface area contributed by atoms with Crippen LogP contribution in [0.2, 0.25) is 5.02 Å². The lowest BCUT2D eigenvalue weighted by Crippen LogP contribution is -1.99. The van der Waals surface area contributed by atoms with Gasteiger partial charge in [-0.3, -0.25) is 0 Å². The van der Waals surface area contributed by atoms with E-state index < -0.39 is 0 Å². The summed E-state index contributed by atoms with van der Waals surface area (Å²) in [5.74, 6) is 0.765. The molecule has 0 radical (unpaired) electrons. The van der Waals surface area contributed by atoms with Crippen molar-refractivity contribution in [2.75, 3.05) is 13.7 Å². The molecule has 0 aliphatic heterocycles. The lowest BCUT2D eigenvalue weighted by atomic mass is 9.97. The lowest BCUT2D eigenvalue weighted by molar-refractivity contribution is 0.411. The topological polar surface area (TPSA) is 35.2 Å². The van der Waals surface area contributed by atoms with Gasteiger partial charge in [0.25, 0.3) is 0 Å². The van der Waals surface area contributed by atoms with Gasteiger partial charge in [-0.25, -0.2) is 0 Å². The Morgan fingerprint density at radius 2 is 1.81 bits per heavy atom. The first-order chi connectivity index (χ1) is 7.54. The van der Waals surface area contributed by atoms with Crippen LogP contribution in [0, 0.1) is 20.8 Å². The molecule has 88 valence electrons. The molecule has 2 nitrogen and oxygen atoms in total. The van der Waals surface area contributed by atoms with Crippen LogP contribution in [0.3, 0.4) is 0 Å². The molecule has 1 aromatic carbocycles. The van der Waals surface area contributed by atoms with E-state index in [0.29, 0.717) is 11.6 Å². The fourth-order valence-corrected chi connectivity index (χ4v) is 2.11. The second-order valence-electron chi connectivity index (χ2n) is 3.77. The number of methoxy groups -OCH3 is 1. The van der Waals surface area contributed by atoms with Gasteiger partial charge in [0, 0.05) is 6.54 Å². The molecule has 0 atom stereocenters. The molecule has 3 heteroatoms. The third-order valence-corrected chi connectivity index (χ3v) is 3.32. The van der Waals surface area contributed by atoms with Crippen LogP contribution in [0.4, 0.5) is 0 Å². The number of halogens is 1. The molecule has 0 bridgehead atoms. The molecule has 0 spiro atoms. The number of rotatable bonds is 3. The van der Waals surface area contributed by atoms with Crippen LogP contribution in [-0.2, 0) is 0 Å². The fraction of sp³-hybridized carbons (Fsp3) is 0.385. The second kappa shape index (κ2) is 5.37. The summed E-state index contributed by atoms with van der Waals surface area (Å²) in [4.78, 5) is 0. The van der Waals surface area contributed by atoms with Gasteiger partial charge in [0.05, 0.1) is 12.1 Å². The van der Waals surface area contributed by atoms with Gasteiger partial charge in [-0.05, 0) is 43.0 Å². The van der Waals surface area contributed by atoms with Crippen LogP contribution in [0.1, 0.15) is 22.3 Å². The highest BCUT2D eigenvalue weighted by Gasteiger charge is 2.14. The third kappa shape index (κ3) is 2.23. The fourth-order valence-electron chi connectivity index (χ4n) is 1.79. The van der Waals surface area contributed by atoms with Crippen molar-refractivity contribution in [1.29, 1.82) is 0 Å². The lowest BCUT2D eigenvalue weighted by Gasteiger charge is -2.16. The Morgan fingerprint density at radius 3 is 2.31 bits per heavy atom. The average molecular weight is 240 g/mol.